The number of nitrogens with one attached hydrogen (secondary N) is 1. The number of carbonyl (C=O) groups is 2. The summed E-state index contributed by atoms with van der Waals surface area (Å²) in [5.74, 6) is 0.419. The van der Waals surface area contributed by atoms with Crippen LogP contribution in [0.25, 0.3) is 0 Å². The van der Waals surface area contributed by atoms with Gasteiger partial charge in [-0.2, -0.15) is 0 Å². The van der Waals surface area contributed by atoms with Crippen molar-refractivity contribution < 1.29 is 19.1 Å². The topological polar surface area (TPSA) is 97.1 Å². The van der Waals surface area contributed by atoms with Gasteiger partial charge in [-0.1, -0.05) is 52.3 Å². The Morgan fingerprint density at radius 3 is 2.32 bits per heavy atom. The molecule has 2 aromatic carbocycles. The van der Waals surface area contributed by atoms with Crippen LogP contribution in [0.4, 0.5) is 11.4 Å². The number of ether oxygens (including phenoxy) is 2. The van der Waals surface area contributed by atoms with Crippen LogP contribution in [-0.4, -0.2) is 73.7 Å². The molecule has 0 unspecified atom stereocenters. The number of aryl methyl sites for hydroxylation is 2. The van der Waals surface area contributed by atoms with Gasteiger partial charge in [0.1, 0.15) is 12.4 Å². The molecule has 0 aromatic heterocycles. The van der Waals surface area contributed by atoms with E-state index in [0.717, 1.165) is 75.2 Å². The van der Waals surface area contributed by atoms with E-state index >= 15 is 0 Å². The highest BCUT2D eigenvalue weighted by molar-refractivity contribution is 5.96. The second kappa shape index (κ2) is 18.4. The standard InChI is InChI=1S/C17H26N2O.C16H26N2O3/c1-4-11-19-12-6-5-10-15(19)17(20)18-16-13(2)8-7-9-14(16)3;1-4-10-20-15-8-7-13(12-14(15)17)16(19)21-11-9-18(5-2)6-3/h7-9,15H,4-6,10-12H2,1-3H3,(H,18,20);7-8,12H,4-6,9-11,17H2,1-3H3/t15-;/m0./s1. The number of esters is 1. The largest absolute Gasteiger partial charge is 0.491 e. The summed E-state index contributed by atoms with van der Waals surface area (Å²) in [6.07, 6.45) is 5.37. The number of anilines is 2. The van der Waals surface area contributed by atoms with Crippen molar-refractivity contribution in [3.63, 3.8) is 0 Å². The van der Waals surface area contributed by atoms with E-state index in [1.165, 1.54) is 6.42 Å². The third kappa shape index (κ3) is 11.0. The number of benzene rings is 2. The van der Waals surface area contributed by atoms with Crippen LogP contribution in [0, 0.1) is 13.8 Å². The van der Waals surface area contributed by atoms with E-state index in [9.17, 15) is 9.59 Å². The lowest BCUT2D eigenvalue weighted by Crippen LogP contribution is -2.47. The Morgan fingerprint density at radius 2 is 1.71 bits per heavy atom. The summed E-state index contributed by atoms with van der Waals surface area (Å²) in [4.78, 5) is 29.1. The maximum atomic E-state index is 12.6. The number of nitrogens with zero attached hydrogens (tertiary/aromatic N) is 2. The summed E-state index contributed by atoms with van der Waals surface area (Å²) >= 11 is 0. The third-order valence-electron chi connectivity index (χ3n) is 7.40. The maximum Gasteiger partial charge on any atom is 0.338 e. The highest BCUT2D eigenvalue weighted by Gasteiger charge is 2.28. The number of para-hydroxylation sites is 1. The van der Waals surface area contributed by atoms with Crippen LogP contribution >= 0.6 is 0 Å². The van der Waals surface area contributed by atoms with E-state index in [4.69, 9.17) is 15.2 Å². The molecule has 0 bridgehead atoms. The van der Waals surface area contributed by atoms with Crippen LogP contribution in [0.1, 0.15) is 81.3 Å². The molecule has 1 fully saturated rings. The first-order valence-electron chi connectivity index (χ1n) is 15.3. The number of carbonyl (C=O) groups excluding carboxylic acids is 2. The first-order chi connectivity index (χ1) is 19.7. The summed E-state index contributed by atoms with van der Waals surface area (Å²) in [7, 11) is 0. The fraction of sp³-hybridized carbons (Fsp3) is 0.576. The number of nitrogen functional groups attached to an aromatic ring is 1. The summed E-state index contributed by atoms with van der Waals surface area (Å²) in [6.45, 7) is 18.2. The number of hydrogen-bond donors (Lipinski definition) is 2. The van der Waals surface area contributed by atoms with E-state index in [1.807, 2.05) is 39.0 Å². The fourth-order valence-corrected chi connectivity index (χ4v) is 4.97. The zero-order valence-corrected chi connectivity index (χ0v) is 26.1. The number of likely N-dealkylation sites (tertiary alicyclic amines) is 1. The lowest BCUT2D eigenvalue weighted by atomic mass is 10.0. The predicted molar refractivity (Wildman–Crippen MR) is 169 cm³/mol. The number of hydrogen-bond acceptors (Lipinski definition) is 7. The van der Waals surface area contributed by atoms with Gasteiger partial charge in [-0.25, -0.2) is 4.79 Å². The second-order valence-corrected chi connectivity index (χ2v) is 10.6. The molecule has 3 rings (SSSR count). The first kappa shape index (κ1) is 34.1. The number of amides is 1. The molecule has 0 saturated carbocycles. The van der Waals surface area contributed by atoms with Crippen molar-refractivity contribution in [2.24, 2.45) is 0 Å². The Hall–Kier alpha value is -3.10. The molecule has 1 aliphatic rings. The van der Waals surface area contributed by atoms with Crippen molar-refractivity contribution in [3.8, 4) is 5.75 Å². The molecule has 8 heteroatoms. The molecule has 0 radical (unpaired) electrons. The summed E-state index contributed by atoms with van der Waals surface area (Å²) < 4.78 is 10.7. The van der Waals surface area contributed by atoms with Gasteiger partial charge in [0.2, 0.25) is 5.91 Å². The van der Waals surface area contributed by atoms with Crippen LogP contribution < -0.4 is 15.8 Å². The molecule has 0 aliphatic carbocycles. The Balaban J connectivity index is 0.000000287. The van der Waals surface area contributed by atoms with Crippen molar-refractivity contribution in [2.75, 3.05) is 57.0 Å². The van der Waals surface area contributed by atoms with Gasteiger partial charge in [-0.05, 0) is 95.0 Å². The van der Waals surface area contributed by atoms with Crippen molar-refractivity contribution in [1.82, 2.24) is 9.80 Å². The van der Waals surface area contributed by atoms with Crippen LogP contribution in [0.3, 0.4) is 0 Å². The monoisotopic (exact) mass is 568 g/mol. The summed E-state index contributed by atoms with van der Waals surface area (Å²) in [5, 5.41) is 3.16. The van der Waals surface area contributed by atoms with E-state index in [2.05, 4.69) is 35.9 Å². The molecule has 1 aliphatic heterocycles. The zero-order chi connectivity index (χ0) is 30.2. The molecule has 8 nitrogen and oxygen atoms in total. The molecular weight excluding hydrogens is 516 g/mol. The number of likely N-dealkylation sites (N-methyl/N-ethyl adjacent to an activating group) is 1. The quantitative estimate of drug-likeness (QED) is 0.224. The number of nitrogens with two attached hydrogens (primary N) is 1. The lowest BCUT2D eigenvalue weighted by Gasteiger charge is -2.34. The van der Waals surface area contributed by atoms with Gasteiger partial charge < -0.3 is 25.4 Å². The normalized spacial score (nSPS) is 15.1. The van der Waals surface area contributed by atoms with Crippen LogP contribution in [-0.2, 0) is 9.53 Å². The number of rotatable bonds is 13. The molecule has 41 heavy (non-hydrogen) atoms. The molecule has 1 amide bonds. The average molecular weight is 569 g/mol. The Labute approximate surface area is 247 Å². The number of piperidine rings is 1. The molecular formula is C33H52N4O4. The Bertz CT molecular complexity index is 1060. The van der Waals surface area contributed by atoms with Crippen molar-refractivity contribution in [1.29, 1.82) is 0 Å². The average Bonchev–Trinajstić information content (AvgIpc) is 2.97. The van der Waals surface area contributed by atoms with Gasteiger partial charge >= 0.3 is 5.97 Å². The van der Waals surface area contributed by atoms with E-state index in [-0.39, 0.29) is 17.9 Å². The van der Waals surface area contributed by atoms with Gasteiger partial charge in [0.05, 0.1) is 23.9 Å². The summed E-state index contributed by atoms with van der Waals surface area (Å²) in [6, 6.07) is 11.2. The second-order valence-electron chi connectivity index (χ2n) is 10.6. The van der Waals surface area contributed by atoms with Crippen LogP contribution in [0.2, 0.25) is 0 Å². The van der Waals surface area contributed by atoms with Crippen LogP contribution in [0.15, 0.2) is 36.4 Å². The SMILES string of the molecule is CCCN1CCCC[C@H]1C(=O)Nc1c(C)cccc1C.CCCOc1ccc(C(=O)OCCN(CC)CC)cc1N. The third-order valence-corrected chi connectivity index (χ3v) is 7.40. The maximum absolute atomic E-state index is 12.6. The molecule has 0 spiro atoms. The minimum Gasteiger partial charge on any atom is -0.491 e. The summed E-state index contributed by atoms with van der Waals surface area (Å²) in [5.41, 5.74) is 10.0. The smallest absolute Gasteiger partial charge is 0.338 e. The molecule has 228 valence electrons. The van der Waals surface area contributed by atoms with Crippen molar-refractivity contribution in [3.05, 3.63) is 53.1 Å². The fourth-order valence-electron chi connectivity index (χ4n) is 4.97. The van der Waals surface area contributed by atoms with Gasteiger partial charge in [-0.15, -0.1) is 0 Å². The van der Waals surface area contributed by atoms with E-state index in [0.29, 0.717) is 30.2 Å². The van der Waals surface area contributed by atoms with E-state index < -0.39 is 0 Å². The Morgan fingerprint density at radius 1 is 1.00 bits per heavy atom. The zero-order valence-electron chi connectivity index (χ0n) is 26.1. The molecule has 1 heterocycles. The van der Waals surface area contributed by atoms with Gasteiger partial charge in [0, 0.05) is 12.2 Å². The van der Waals surface area contributed by atoms with Crippen LogP contribution in [0.5, 0.6) is 5.75 Å². The molecule has 3 N–H and O–H groups in total. The predicted octanol–water partition coefficient (Wildman–Crippen LogP) is 6.06. The van der Waals surface area contributed by atoms with Gasteiger partial charge in [-0.3, -0.25) is 9.69 Å². The minimum atomic E-state index is -0.351. The van der Waals surface area contributed by atoms with Crippen molar-refractivity contribution in [2.45, 2.75) is 79.7 Å². The highest BCUT2D eigenvalue weighted by Crippen LogP contribution is 2.24. The van der Waals surface area contributed by atoms with Gasteiger partial charge in [0.15, 0.2) is 0 Å². The highest BCUT2D eigenvalue weighted by atomic mass is 16.5. The molecule has 1 saturated heterocycles. The van der Waals surface area contributed by atoms with Crippen molar-refractivity contribution >= 4 is 23.3 Å². The minimum absolute atomic E-state index is 0.0442. The van der Waals surface area contributed by atoms with Gasteiger partial charge in [0.25, 0.3) is 0 Å². The Kier molecular flexibility index (Phi) is 15.3. The first-order valence-corrected chi connectivity index (χ1v) is 15.3. The lowest BCUT2D eigenvalue weighted by molar-refractivity contribution is -0.122. The molecule has 2 aromatic rings. The van der Waals surface area contributed by atoms with E-state index in [1.54, 1.807) is 18.2 Å². The molecule has 1 atom stereocenters.